The fourth-order valence-corrected chi connectivity index (χ4v) is 3.31. The van der Waals surface area contributed by atoms with Crippen LogP contribution in [0.5, 0.6) is 0 Å². The van der Waals surface area contributed by atoms with Gasteiger partial charge in [-0.3, -0.25) is 9.79 Å². The van der Waals surface area contributed by atoms with Gasteiger partial charge < -0.3 is 4.74 Å². The second-order valence-electron chi connectivity index (χ2n) is 6.20. The summed E-state index contributed by atoms with van der Waals surface area (Å²) < 4.78 is 5.17. The lowest BCUT2D eigenvalue weighted by Gasteiger charge is -2.26. The fraction of sp³-hybridized carbons (Fsp3) is 0.368. The normalized spacial score (nSPS) is 19.9. The highest BCUT2D eigenvalue weighted by atomic mass is 16.5. The van der Waals surface area contributed by atoms with Crippen molar-refractivity contribution < 1.29 is 9.53 Å². The predicted molar refractivity (Wildman–Crippen MR) is 90.1 cm³/mol. The van der Waals surface area contributed by atoms with Crippen LogP contribution >= 0.6 is 0 Å². The molecule has 0 spiro atoms. The van der Waals surface area contributed by atoms with Gasteiger partial charge in [-0.2, -0.15) is 0 Å². The van der Waals surface area contributed by atoms with Gasteiger partial charge >= 0.3 is 5.97 Å². The van der Waals surface area contributed by atoms with E-state index in [1.54, 1.807) is 0 Å². The van der Waals surface area contributed by atoms with Crippen LogP contribution in [0.2, 0.25) is 0 Å². The Morgan fingerprint density at radius 3 is 2.73 bits per heavy atom. The summed E-state index contributed by atoms with van der Waals surface area (Å²) in [5.41, 5.74) is 3.94. The van der Waals surface area contributed by atoms with Gasteiger partial charge in [-0.1, -0.05) is 29.8 Å². The standard InChI is InChI=1S/C19H21NO2/c1-5-22-17(21)11-19(4)13(3)20-16-9-7-14-10-12(2)6-8-15(14)18(16)19/h6-10H,5,11H2,1-4H3. The van der Waals surface area contributed by atoms with Crippen LogP contribution in [0, 0.1) is 6.92 Å². The summed E-state index contributed by atoms with van der Waals surface area (Å²) in [6.07, 6.45) is 0.330. The van der Waals surface area contributed by atoms with Gasteiger partial charge in [0.25, 0.3) is 0 Å². The summed E-state index contributed by atoms with van der Waals surface area (Å²) in [7, 11) is 0. The lowest BCUT2D eigenvalue weighted by Crippen LogP contribution is -2.31. The number of fused-ring (bicyclic) bond motifs is 3. The highest BCUT2D eigenvalue weighted by Gasteiger charge is 2.40. The number of aryl methyl sites for hydroxylation is 1. The summed E-state index contributed by atoms with van der Waals surface area (Å²) in [6, 6.07) is 10.6. The first-order valence-electron chi connectivity index (χ1n) is 7.71. The van der Waals surface area contributed by atoms with Crippen LogP contribution in [-0.2, 0) is 14.9 Å². The molecule has 1 atom stereocenters. The molecule has 1 unspecified atom stereocenters. The van der Waals surface area contributed by atoms with Gasteiger partial charge in [-0.25, -0.2) is 0 Å². The number of ether oxygens (including phenoxy) is 1. The molecule has 1 aliphatic rings. The number of hydrogen-bond donors (Lipinski definition) is 0. The molecule has 0 saturated heterocycles. The van der Waals surface area contributed by atoms with Crippen molar-refractivity contribution in [3.05, 3.63) is 41.5 Å². The minimum atomic E-state index is -0.393. The molecule has 2 aromatic rings. The Morgan fingerprint density at radius 2 is 2.00 bits per heavy atom. The average molecular weight is 295 g/mol. The lowest BCUT2D eigenvalue weighted by atomic mass is 9.75. The molecular formula is C19H21NO2. The molecule has 0 fully saturated rings. The van der Waals surface area contributed by atoms with E-state index >= 15 is 0 Å². The molecule has 2 aromatic carbocycles. The molecule has 3 nitrogen and oxygen atoms in total. The zero-order valence-corrected chi connectivity index (χ0v) is 13.6. The maximum absolute atomic E-state index is 12.1. The zero-order valence-electron chi connectivity index (χ0n) is 13.6. The number of nitrogens with zero attached hydrogens (tertiary/aromatic N) is 1. The SMILES string of the molecule is CCOC(=O)CC1(C)C(C)=Nc2ccc3cc(C)ccc3c21. The highest BCUT2D eigenvalue weighted by molar-refractivity contribution is 6.08. The van der Waals surface area contributed by atoms with E-state index in [-0.39, 0.29) is 5.97 Å². The van der Waals surface area contributed by atoms with Crippen LogP contribution < -0.4 is 0 Å². The number of hydrogen-bond acceptors (Lipinski definition) is 3. The molecule has 22 heavy (non-hydrogen) atoms. The van der Waals surface area contributed by atoms with E-state index in [1.807, 2.05) is 13.8 Å². The van der Waals surface area contributed by atoms with Crippen molar-refractivity contribution in [2.75, 3.05) is 6.61 Å². The Bertz CT molecular complexity index is 791. The van der Waals surface area contributed by atoms with E-state index in [9.17, 15) is 4.79 Å². The number of carbonyl (C=O) groups is 1. The molecule has 0 radical (unpaired) electrons. The van der Waals surface area contributed by atoms with E-state index in [0.29, 0.717) is 13.0 Å². The zero-order chi connectivity index (χ0) is 15.9. The highest BCUT2D eigenvalue weighted by Crippen LogP contribution is 2.46. The molecule has 0 bridgehead atoms. The van der Waals surface area contributed by atoms with Crippen molar-refractivity contribution >= 4 is 28.1 Å². The van der Waals surface area contributed by atoms with Gasteiger partial charge in [0.05, 0.1) is 18.7 Å². The third-order valence-electron chi connectivity index (χ3n) is 4.59. The quantitative estimate of drug-likeness (QED) is 0.784. The third-order valence-corrected chi connectivity index (χ3v) is 4.59. The van der Waals surface area contributed by atoms with Crippen LogP contribution in [0.1, 0.15) is 38.3 Å². The smallest absolute Gasteiger partial charge is 0.307 e. The molecule has 0 N–H and O–H groups in total. The second kappa shape index (κ2) is 5.24. The molecule has 0 amide bonds. The molecular weight excluding hydrogens is 274 g/mol. The molecule has 1 heterocycles. The summed E-state index contributed by atoms with van der Waals surface area (Å²) in [4.78, 5) is 16.8. The Kier molecular flexibility index (Phi) is 3.51. The topological polar surface area (TPSA) is 38.7 Å². The number of esters is 1. The first kappa shape index (κ1) is 14.8. The summed E-state index contributed by atoms with van der Waals surface area (Å²) in [5.74, 6) is -0.170. The van der Waals surface area contributed by atoms with Crippen molar-refractivity contribution in [3.63, 3.8) is 0 Å². The van der Waals surface area contributed by atoms with Crippen LogP contribution in [0.25, 0.3) is 10.8 Å². The van der Waals surface area contributed by atoms with Gasteiger partial charge in [0.1, 0.15) is 0 Å². The second-order valence-corrected chi connectivity index (χ2v) is 6.20. The van der Waals surface area contributed by atoms with Crippen molar-refractivity contribution in [2.24, 2.45) is 4.99 Å². The van der Waals surface area contributed by atoms with Crippen LogP contribution in [0.15, 0.2) is 35.3 Å². The maximum atomic E-state index is 12.1. The Balaban J connectivity index is 2.16. The molecule has 0 aliphatic carbocycles. The van der Waals surface area contributed by atoms with E-state index in [4.69, 9.17) is 9.73 Å². The Hall–Kier alpha value is -2.16. The summed E-state index contributed by atoms with van der Waals surface area (Å²) in [5, 5.41) is 2.37. The van der Waals surface area contributed by atoms with Crippen LogP contribution in [0.3, 0.4) is 0 Å². The predicted octanol–water partition coefficient (Wildman–Crippen LogP) is 4.47. The monoisotopic (exact) mass is 295 g/mol. The number of rotatable bonds is 3. The molecule has 1 aliphatic heterocycles. The lowest BCUT2D eigenvalue weighted by molar-refractivity contribution is -0.143. The maximum Gasteiger partial charge on any atom is 0.307 e. The summed E-state index contributed by atoms with van der Waals surface area (Å²) in [6.45, 7) is 8.42. The van der Waals surface area contributed by atoms with E-state index in [0.717, 1.165) is 17.0 Å². The van der Waals surface area contributed by atoms with Crippen LogP contribution in [0.4, 0.5) is 5.69 Å². The van der Waals surface area contributed by atoms with Crippen molar-refractivity contribution in [1.82, 2.24) is 0 Å². The Labute approximate surface area is 131 Å². The van der Waals surface area contributed by atoms with Crippen molar-refractivity contribution in [3.8, 4) is 0 Å². The minimum absolute atomic E-state index is 0.170. The number of benzene rings is 2. The van der Waals surface area contributed by atoms with Gasteiger partial charge in [-0.15, -0.1) is 0 Å². The van der Waals surface area contributed by atoms with E-state index in [2.05, 4.69) is 44.2 Å². The number of aliphatic imine (C=N–C) groups is 1. The largest absolute Gasteiger partial charge is 0.466 e. The van der Waals surface area contributed by atoms with Gasteiger partial charge in [0.15, 0.2) is 0 Å². The number of carbonyl (C=O) groups excluding carboxylic acids is 1. The van der Waals surface area contributed by atoms with Gasteiger partial charge in [0.2, 0.25) is 0 Å². The Morgan fingerprint density at radius 1 is 1.23 bits per heavy atom. The minimum Gasteiger partial charge on any atom is -0.466 e. The van der Waals surface area contributed by atoms with Crippen molar-refractivity contribution in [1.29, 1.82) is 0 Å². The van der Waals surface area contributed by atoms with Gasteiger partial charge in [-0.05, 0) is 50.1 Å². The van der Waals surface area contributed by atoms with Crippen molar-refractivity contribution in [2.45, 2.75) is 39.5 Å². The molecule has 114 valence electrons. The molecule has 0 aromatic heterocycles. The molecule has 0 saturated carbocycles. The fourth-order valence-electron chi connectivity index (χ4n) is 3.31. The van der Waals surface area contributed by atoms with Crippen LogP contribution in [-0.4, -0.2) is 18.3 Å². The average Bonchev–Trinajstić information content (AvgIpc) is 2.70. The third kappa shape index (κ3) is 2.21. The van der Waals surface area contributed by atoms with E-state index in [1.165, 1.54) is 16.3 Å². The van der Waals surface area contributed by atoms with Gasteiger partial charge in [0, 0.05) is 11.1 Å². The summed E-state index contributed by atoms with van der Waals surface area (Å²) >= 11 is 0. The van der Waals surface area contributed by atoms with E-state index < -0.39 is 5.41 Å². The first-order chi connectivity index (χ1) is 10.5. The first-order valence-corrected chi connectivity index (χ1v) is 7.71. The molecule has 3 heteroatoms. The molecule has 3 rings (SSSR count).